The average molecular weight is 201 g/mol. The minimum absolute atomic E-state index is 0.112. The standard InChI is InChI=1S/C8H9BrO/c9-8-3-1-2-7(6-10)4-5-8/h1-5,8,10H,6H2. The lowest BCUT2D eigenvalue weighted by molar-refractivity contribution is 0.335. The van der Waals surface area contributed by atoms with Gasteiger partial charge in [0.1, 0.15) is 0 Å². The summed E-state index contributed by atoms with van der Waals surface area (Å²) in [7, 11) is 0. The Hall–Kier alpha value is -0.340. The molecular weight excluding hydrogens is 192 g/mol. The predicted molar refractivity (Wildman–Crippen MR) is 46.2 cm³/mol. The second-order valence-electron chi connectivity index (χ2n) is 2.09. The molecule has 0 spiro atoms. The van der Waals surface area contributed by atoms with Crippen LogP contribution >= 0.6 is 15.9 Å². The molecule has 1 atom stereocenters. The largest absolute Gasteiger partial charge is 0.392 e. The summed E-state index contributed by atoms with van der Waals surface area (Å²) in [6, 6.07) is 0. The molecule has 0 radical (unpaired) electrons. The lowest BCUT2D eigenvalue weighted by Gasteiger charge is -1.91. The highest BCUT2D eigenvalue weighted by molar-refractivity contribution is 9.09. The fourth-order valence-electron chi connectivity index (χ4n) is 0.726. The molecule has 0 amide bonds. The van der Waals surface area contributed by atoms with Crippen molar-refractivity contribution in [2.24, 2.45) is 0 Å². The first-order chi connectivity index (χ1) is 4.83. The van der Waals surface area contributed by atoms with Gasteiger partial charge in [0.2, 0.25) is 0 Å². The van der Waals surface area contributed by atoms with Gasteiger partial charge in [-0.1, -0.05) is 46.3 Å². The zero-order chi connectivity index (χ0) is 7.40. The van der Waals surface area contributed by atoms with Crippen LogP contribution in [0.1, 0.15) is 0 Å². The van der Waals surface area contributed by atoms with E-state index in [0.29, 0.717) is 4.83 Å². The van der Waals surface area contributed by atoms with Crippen molar-refractivity contribution in [2.45, 2.75) is 4.83 Å². The van der Waals surface area contributed by atoms with Gasteiger partial charge >= 0.3 is 0 Å². The predicted octanol–water partition coefficient (Wildman–Crippen LogP) is 1.79. The average Bonchev–Trinajstić information content (AvgIpc) is 2.14. The van der Waals surface area contributed by atoms with Crippen molar-refractivity contribution in [3.63, 3.8) is 0 Å². The Labute approximate surface area is 68.9 Å². The molecule has 1 aliphatic carbocycles. The van der Waals surface area contributed by atoms with Crippen LogP contribution in [0.5, 0.6) is 0 Å². The molecule has 2 heteroatoms. The van der Waals surface area contributed by atoms with Crippen molar-refractivity contribution < 1.29 is 5.11 Å². The van der Waals surface area contributed by atoms with E-state index in [0.717, 1.165) is 5.57 Å². The molecule has 1 rings (SSSR count). The molecule has 10 heavy (non-hydrogen) atoms. The monoisotopic (exact) mass is 200 g/mol. The van der Waals surface area contributed by atoms with Crippen LogP contribution in [0.15, 0.2) is 36.0 Å². The third kappa shape index (κ3) is 2.12. The number of aliphatic hydroxyl groups excluding tert-OH is 1. The van der Waals surface area contributed by atoms with Crippen LogP contribution < -0.4 is 0 Å². The van der Waals surface area contributed by atoms with E-state index in [2.05, 4.69) is 15.9 Å². The van der Waals surface area contributed by atoms with E-state index in [1.807, 2.05) is 30.4 Å². The van der Waals surface area contributed by atoms with Gasteiger partial charge in [0.05, 0.1) is 11.4 Å². The van der Waals surface area contributed by atoms with Crippen molar-refractivity contribution in [2.75, 3.05) is 6.61 Å². The van der Waals surface area contributed by atoms with Crippen LogP contribution in [0, 0.1) is 0 Å². The first-order valence-corrected chi connectivity index (χ1v) is 4.05. The zero-order valence-electron chi connectivity index (χ0n) is 5.50. The van der Waals surface area contributed by atoms with Gasteiger partial charge in [-0.05, 0) is 5.57 Å². The van der Waals surface area contributed by atoms with E-state index in [1.165, 1.54) is 0 Å². The zero-order valence-corrected chi connectivity index (χ0v) is 7.08. The van der Waals surface area contributed by atoms with Crippen LogP contribution in [0.25, 0.3) is 0 Å². The van der Waals surface area contributed by atoms with Crippen molar-refractivity contribution in [3.05, 3.63) is 36.0 Å². The Morgan fingerprint density at radius 2 is 2.30 bits per heavy atom. The molecule has 0 aliphatic heterocycles. The lowest BCUT2D eigenvalue weighted by Crippen LogP contribution is -1.85. The lowest BCUT2D eigenvalue weighted by atomic mass is 10.2. The highest BCUT2D eigenvalue weighted by atomic mass is 79.9. The van der Waals surface area contributed by atoms with Gasteiger partial charge in [0.25, 0.3) is 0 Å². The van der Waals surface area contributed by atoms with Gasteiger partial charge in [0, 0.05) is 0 Å². The summed E-state index contributed by atoms with van der Waals surface area (Å²) in [5.74, 6) is 0. The maximum atomic E-state index is 8.73. The smallest absolute Gasteiger partial charge is 0.0681 e. The topological polar surface area (TPSA) is 20.2 Å². The summed E-state index contributed by atoms with van der Waals surface area (Å²) in [6.45, 7) is 0.112. The van der Waals surface area contributed by atoms with Crippen molar-refractivity contribution >= 4 is 15.9 Å². The van der Waals surface area contributed by atoms with Gasteiger partial charge in [-0.3, -0.25) is 0 Å². The fraction of sp³-hybridized carbons (Fsp3) is 0.250. The minimum atomic E-state index is 0.112. The Balaban J connectivity index is 2.71. The molecule has 0 saturated carbocycles. The Kier molecular flexibility index (Phi) is 2.90. The third-order valence-electron chi connectivity index (χ3n) is 1.28. The normalized spacial score (nSPS) is 24.2. The molecule has 1 unspecified atom stereocenters. The number of rotatable bonds is 1. The number of hydrogen-bond donors (Lipinski definition) is 1. The molecule has 1 aliphatic rings. The second-order valence-corrected chi connectivity index (χ2v) is 3.15. The van der Waals surface area contributed by atoms with Crippen molar-refractivity contribution in [1.29, 1.82) is 0 Å². The highest BCUT2D eigenvalue weighted by Crippen LogP contribution is 2.09. The Morgan fingerprint density at radius 1 is 1.50 bits per heavy atom. The van der Waals surface area contributed by atoms with Gasteiger partial charge in [-0.2, -0.15) is 0 Å². The third-order valence-corrected chi connectivity index (χ3v) is 1.89. The van der Waals surface area contributed by atoms with E-state index >= 15 is 0 Å². The SMILES string of the molecule is OCC1=CC=CC(Br)C=C1. The van der Waals surface area contributed by atoms with Crippen LogP contribution in [-0.2, 0) is 0 Å². The summed E-state index contributed by atoms with van der Waals surface area (Å²) >= 11 is 3.41. The van der Waals surface area contributed by atoms with Crippen LogP contribution in [0.4, 0.5) is 0 Å². The molecule has 54 valence electrons. The first kappa shape index (κ1) is 7.76. The molecule has 0 heterocycles. The second kappa shape index (κ2) is 3.74. The number of allylic oxidation sites excluding steroid dienone is 4. The minimum Gasteiger partial charge on any atom is -0.392 e. The number of hydrogen-bond acceptors (Lipinski definition) is 1. The number of alkyl halides is 1. The highest BCUT2D eigenvalue weighted by Gasteiger charge is 1.95. The molecular formula is C8H9BrO. The number of halogens is 1. The van der Waals surface area contributed by atoms with Crippen molar-refractivity contribution in [3.8, 4) is 0 Å². The van der Waals surface area contributed by atoms with Crippen LogP contribution in [-0.4, -0.2) is 16.5 Å². The molecule has 0 aromatic rings. The summed E-state index contributed by atoms with van der Waals surface area (Å²) < 4.78 is 0. The van der Waals surface area contributed by atoms with Gasteiger partial charge in [-0.25, -0.2) is 0 Å². The molecule has 0 aromatic carbocycles. The van der Waals surface area contributed by atoms with Crippen molar-refractivity contribution in [1.82, 2.24) is 0 Å². The maximum absolute atomic E-state index is 8.73. The summed E-state index contributed by atoms with van der Waals surface area (Å²) in [5, 5.41) is 8.73. The summed E-state index contributed by atoms with van der Waals surface area (Å²) in [5.41, 5.74) is 0.943. The van der Waals surface area contributed by atoms with Gasteiger partial charge in [0.15, 0.2) is 0 Å². The van der Waals surface area contributed by atoms with E-state index in [9.17, 15) is 0 Å². The molecule has 0 saturated heterocycles. The molecule has 1 nitrogen and oxygen atoms in total. The molecule has 0 bridgehead atoms. The quantitative estimate of drug-likeness (QED) is 0.641. The Morgan fingerprint density at radius 3 is 3.00 bits per heavy atom. The number of aliphatic hydroxyl groups is 1. The van der Waals surface area contributed by atoms with Gasteiger partial charge < -0.3 is 5.11 Å². The summed E-state index contributed by atoms with van der Waals surface area (Å²) in [4.78, 5) is 0.299. The van der Waals surface area contributed by atoms with Gasteiger partial charge in [-0.15, -0.1) is 0 Å². The fourth-order valence-corrected chi connectivity index (χ4v) is 1.05. The Bertz CT molecular complexity index is 191. The van der Waals surface area contributed by atoms with E-state index in [4.69, 9.17) is 5.11 Å². The molecule has 1 N–H and O–H groups in total. The van der Waals surface area contributed by atoms with Crippen LogP contribution in [0.3, 0.4) is 0 Å². The van der Waals surface area contributed by atoms with E-state index in [1.54, 1.807) is 0 Å². The van der Waals surface area contributed by atoms with E-state index in [-0.39, 0.29) is 6.61 Å². The molecule has 0 fully saturated rings. The van der Waals surface area contributed by atoms with E-state index < -0.39 is 0 Å². The summed E-state index contributed by atoms with van der Waals surface area (Å²) in [6.07, 6.45) is 9.76. The first-order valence-electron chi connectivity index (χ1n) is 3.13. The molecule has 0 aromatic heterocycles. The van der Waals surface area contributed by atoms with Crippen LogP contribution in [0.2, 0.25) is 0 Å². The maximum Gasteiger partial charge on any atom is 0.0681 e.